The molecule has 0 saturated heterocycles. The molecule has 2 rings (SSSR count). The number of nitrogens with one attached hydrogen (secondary N) is 2. The molecule has 0 radical (unpaired) electrons. The maximum Gasteiger partial charge on any atom is 0.246 e. The second kappa shape index (κ2) is 8.67. The first-order chi connectivity index (χ1) is 11.0. The topological polar surface area (TPSA) is 67.4 Å². The number of amides is 2. The lowest BCUT2D eigenvalue weighted by molar-refractivity contribution is -0.129. The van der Waals surface area contributed by atoms with Crippen LogP contribution in [-0.4, -0.2) is 24.5 Å². The van der Waals surface area contributed by atoms with Crippen LogP contribution in [0.4, 0.5) is 5.69 Å². The Balaban J connectivity index is 1.74. The lowest BCUT2D eigenvalue weighted by Crippen LogP contribution is -2.32. The Kier molecular flexibility index (Phi) is 6.59. The predicted molar refractivity (Wildman–Crippen MR) is 90.0 cm³/mol. The van der Waals surface area contributed by atoms with Crippen molar-refractivity contribution in [2.24, 2.45) is 5.92 Å². The molecule has 1 aromatic rings. The summed E-state index contributed by atoms with van der Waals surface area (Å²) in [6, 6.07) is 7.44. The number of hydrogen-bond donors (Lipinski definition) is 2. The number of benzene rings is 1. The predicted octanol–water partition coefficient (Wildman–Crippen LogP) is 2.86. The van der Waals surface area contributed by atoms with Gasteiger partial charge in [0.2, 0.25) is 11.8 Å². The fraction of sp³-hybridized carbons (Fsp3) is 0.556. The molecule has 0 unspecified atom stereocenters. The summed E-state index contributed by atoms with van der Waals surface area (Å²) in [6.07, 6.45) is 4.89. The zero-order chi connectivity index (χ0) is 16.7. The van der Waals surface area contributed by atoms with E-state index in [9.17, 15) is 9.59 Å². The molecular formula is C18H26N2O3. The van der Waals surface area contributed by atoms with E-state index in [2.05, 4.69) is 17.6 Å². The Labute approximate surface area is 137 Å². The molecule has 1 aromatic carbocycles. The molecule has 5 nitrogen and oxygen atoms in total. The molecule has 1 fully saturated rings. The van der Waals surface area contributed by atoms with Crippen molar-refractivity contribution in [1.29, 1.82) is 0 Å². The third kappa shape index (κ3) is 6.02. The van der Waals surface area contributed by atoms with Crippen molar-refractivity contribution in [3.63, 3.8) is 0 Å². The number of hydrogen-bond acceptors (Lipinski definition) is 3. The molecule has 0 aliphatic heterocycles. The highest BCUT2D eigenvalue weighted by Crippen LogP contribution is 2.26. The van der Waals surface area contributed by atoms with Gasteiger partial charge in [-0.15, -0.1) is 0 Å². The van der Waals surface area contributed by atoms with E-state index in [1.165, 1.54) is 26.2 Å². The Morgan fingerprint density at radius 2 is 2.04 bits per heavy atom. The largest absolute Gasteiger partial charge is 0.368 e. The highest BCUT2D eigenvalue weighted by atomic mass is 16.5. The smallest absolute Gasteiger partial charge is 0.246 e. The monoisotopic (exact) mass is 318 g/mol. The quantitative estimate of drug-likeness (QED) is 0.847. The van der Waals surface area contributed by atoms with Crippen molar-refractivity contribution >= 4 is 17.5 Å². The summed E-state index contributed by atoms with van der Waals surface area (Å²) < 4.78 is 5.75. The molecule has 0 spiro atoms. The van der Waals surface area contributed by atoms with Gasteiger partial charge in [0.1, 0.15) is 6.61 Å². The van der Waals surface area contributed by atoms with E-state index in [4.69, 9.17) is 4.74 Å². The molecule has 2 N–H and O–H groups in total. The van der Waals surface area contributed by atoms with Crippen molar-refractivity contribution in [1.82, 2.24) is 5.32 Å². The molecule has 0 aromatic heterocycles. The first-order valence-electron chi connectivity index (χ1n) is 8.29. The molecule has 23 heavy (non-hydrogen) atoms. The van der Waals surface area contributed by atoms with E-state index < -0.39 is 0 Å². The summed E-state index contributed by atoms with van der Waals surface area (Å²) >= 11 is 0. The molecule has 2 amide bonds. The van der Waals surface area contributed by atoms with Crippen LogP contribution in [0.2, 0.25) is 0 Å². The van der Waals surface area contributed by atoms with Crippen molar-refractivity contribution in [2.45, 2.75) is 52.2 Å². The van der Waals surface area contributed by atoms with Crippen LogP contribution in [0, 0.1) is 5.92 Å². The van der Waals surface area contributed by atoms with Gasteiger partial charge in [-0.3, -0.25) is 9.59 Å². The van der Waals surface area contributed by atoms with Gasteiger partial charge in [0, 0.05) is 19.2 Å². The van der Waals surface area contributed by atoms with Crippen molar-refractivity contribution < 1.29 is 14.3 Å². The number of carbonyl (C=O) groups excluding carboxylic acids is 2. The van der Waals surface area contributed by atoms with Crippen LogP contribution < -0.4 is 10.6 Å². The van der Waals surface area contributed by atoms with E-state index in [0.717, 1.165) is 17.7 Å². The number of carbonyl (C=O) groups is 2. The fourth-order valence-corrected chi connectivity index (χ4v) is 2.93. The van der Waals surface area contributed by atoms with Gasteiger partial charge in [-0.05, 0) is 36.5 Å². The highest BCUT2D eigenvalue weighted by Gasteiger charge is 2.22. The second-order valence-corrected chi connectivity index (χ2v) is 6.27. The number of rotatable bonds is 6. The van der Waals surface area contributed by atoms with E-state index >= 15 is 0 Å². The van der Waals surface area contributed by atoms with Gasteiger partial charge in [0.15, 0.2) is 0 Å². The van der Waals surface area contributed by atoms with Crippen molar-refractivity contribution in [2.75, 3.05) is 11.9 Å². The molecule has 2 atom stereocenters. The van der Waals surface area contributed by atoms with Gasteiger partial charge in [-0.1, -0.05) is 31.9 Å². The second-order valence-electron chi connectivity index (χ2n) is 6.27. The van der Waals surface area contributed by atoms with Crippen LogP contribution in [0.5, 0.6) is 0 Å². The summed E-state index contributed by atoms with van der Waals surface area (Å²) in [5.41, 5.74) is 1.67. The zero-order valence-electron chi connectivity index (χ0n) is 13.9. The molecule has 0 bridgehead atoms. The van der Waals surface area contributed by atoms with E-state index in [1.807, 2.05) is 24.3 Å². The lowest BCUT2D eigenvalue weighted by Gasteiger charge is -2.28. The number of ether oxygens (including phenoxy) is 1. The summed E-state index contributed by atoms with van der Waals surface area (Å²) in [6.45, 7) is 4.20. The van der Waals surface area contributed by atoms with Gasteiger partial charge in [0.05, 0.1) is 6.10 Å². The fourth-order valence-electron chi connectivity index (χ4n) is 2.93. The van der Waals surface area contributed by atoms with Crippen LogP contribution in [0.1, 0.15) is 45.1 Å². The van der Waals surface area contributed by atoms with Crippen molar-refractivity contribution in [3.8, 4) is 0 Å². The molecule has 0 heterocycles. The van der Waals surface area contributed by atoms with E-state index in [1.54, 1.807) is 0 Å². The molecule has 126 valence electrons. The third-order valence-corrected chi connectivity index (χ3v) is 4.20. The molecular weight excluding hydrogens is 292 g/mol. The lowest BCUT2D eigenvalue weighted by atomic mass is 9.88. The average Bonchev–Trinajstić information content (AvgIpc) is 2.52. The molecule has 1 aliphatic carbocycles. The van der Waals surface area contributed by atoms with Gasteiger partial charge in [-0.25, -0.2) is 0 Å². The number of anilines is 1. The minimum Gasteiger partial charge on any atom is -0.368 e. The summed E-state index contributed by atoms with van der Waals surface area (Å²) in [7, 11) is 0. The van der Waals surface area contributed by atoms with E-state index in [-0.39, 0.29) is 24.5 Å². The van der Waals surface area contributed by atoms with Crippen LogP contribution in [0.25, 0.3) is 0 Å². The highest BCUT2D eigenvalue weighted by molar-refractivity contribution is 5.88. The summed E-state index contributed by atoms with van der Waals surface area (Å²) in [5.74, 6) is 0.319. The average molecular weight is 318 g/mol. The Hall–Kier alpha value is -1.88. The SMILES string of the molecule is CC(=O)Nc1cccc(CNC(=O)CO[C@@H]2CCCC[C@@H]2C)c1. The molecule has 1 saturated carbocycles. The normalized spacial score (nSPS) is 20.8. The zero-order valence-corrected chi connectivity index (χ0v) is 13.9. The minimum absolute atomic E-state index is 0.104. The molecule has 5 heteroatoms. The van der Waals surface area contributed by atoms with Gasteiger partial charge in [0.25, 0.3) is 0 Å². The maximum atomic E-state index is 11.9. The van der Waals surface area contributed by atoms with Crippen LogP contribution >= 0.6 is 0 Å². The van der Waals surface area contributed by atoms with E-state index in [0.29, 0.717) is 12.5 Å². The minimum atomic E-state index is -0.110. The van der Waals surface area contributed by atoms with Crippen LogP contribution in [-0.2, 0) is 20.9 Å². The molecule has 1 aliphatic rings. The first-order valence-corrected chi connectivity index (χ1v) is 8.29. The third-order valence-electron chi connectivity index (χ3n) is 4.20. The Morgan fingerprint density at radius 1 is 1.26 bits per heavy atom. The van der Waals surface area contributed by atoms with Crippen molar-refractivity contribution in [3.05, 3.63) is 29.8 Å². The first kappa shape index (κ1) is 17.5. The Bertz CT molecular complexity index is 545. The maximum absolute atomic E-state index is 11.9. The van der Waals surface area contributed by atoms with Crippen LogP contribution in [0.15, 0.2) is 24.3 Å². The van der Waals surface area contributed by atoms with Gasteiger partial charge < -0.3 is 15.4 Å². The van der Waals surface area contributed by atoms with Gasteiger partial charge in [-0.2, -0.15) is 0 Å². The summed E-state index contributed by atoms with van der Waals surface area (Å²) in [4.78, 5) is 23.0. The summed E-state index contributed by atoms with van der Waals surface area (Å²) in [5, 5.41) is 5.59. The standard InChI is InChI=1S/C18H26N2O3/c1-13-6-3-4-9-17(13)23-12-18(22)19-11-15-7-5-8-16(10-15)20-14(2)21/h5,7-8,10,13,17H,3-4,6,9,11-12H2,1-2H3,(H,19,22)(H,20,21)/t13-,17+/m0/s1. The Morgan fingerprint density at radius 3 is 2.78 bits per heavy atom. The van der Waals surface area contributed by atoms with Gasteiger partial charge >= 0.3 is 0 Å². The van der Waals surface area contributed by atoms with Crippen LogP contribution in [0.3, 0.4) is 0 Å².